The number of aromatic nitrogens is 3. The molecule has 0 saturated heterocycles. The number of aryl methyl sites for hydroxylation is 2. The predicted octanol–water partition coefficient (Wildman–Crippen LogP) is 2.99. The summed E-state index contributed by atoms with van der Waals surface area (Å²) in [7, 11) is 0. The van der Waals surface area contributed by atoms with E-state index in [9.17, 15) is 9.59 Å². The number of esters is 1. The Bertz CT molecular complexity index is 823. The molecule has 0 saturated carbocycles. The summed E-state index contributed by atoms with van der Waals surface area (Å²) in [6, 6.07) is 1.55. The lowest BCUT2D eigenvalue weighted by Gasteiger charge is -2.05. The van der Waals surface area contributed by atoms with Crippen LogP contribution in [0, 0.1) is 19.8 Å². The number of nitrogens with one attached hydrogen (secondary N) is 1. The van der Waals surface area contributed by atoms with E-state index in [0.29, 0.717) is 34.6 Å². The van der Waals surface area contributed by atoms with Crippen molar-refractivity contribution < 1.29 is 18.8 Å². The lowest BCUT2D eigenvalue weighted by molar-refractivity contribution is -0.142. The minimum Gasteiger partial charge on any atom is -0.452 e. The summed E-state index contributed by atoms with van der Waals surface area (Å²) in [6.45, 7) is 7.87. The Morgan fingerprint density at radius 1 is 1.42 bits per heavy atom. The van der Waals surface area contributed by atoms with Crippen LogP contribution in [0.4, 0.5) is 5.82 Å². The van der Waals surface area contributed by atoms with Crippen LogP contribution in [-0.4, -0.2) is 33.4 Å². The number of rotatable bonds is 7. The average molecular weight is 381 g/mol. The summed E-state index contributed by atoms with van der Waals surface area (Å²) in [5.74, 6) is 0.0349. The highest BCUT2D eigenvalue weighted by Gasteiger charge is 2.13. The zero-order valence-electron chi connectivity index (χ0n) is 15.1. The Labute approximate surface area is 156 Å². The molecular formula is C17H21ClN4O4. The SMILES string of the molecule is Cc1cc(NC(=O)COC(=O)/C=C/c2c(C)nn(CC(C)C)c2Cl)no1. The van der Waals surface area contributed by atoms with Crippen molar-refractivity contribution in [3.05, 3.63) is 34.3 Å². The van der Waals surface area contributed by atoms with Crippen LogP contribution in [0.5, 0.6) is 0 Å². The zero-order chi connectivity index (χ0) is 19.3. The minimum atomic E-state index is -0.663. The van der Waals surface area contributed by atoms with E-state index in [0.717, 1.165) is 0 Å². The molecule has 0 aliphatic carbocycles. The summed E-state index contributed by atoms with van der Waals surface area (Å²) in [4.78, 5) is 23.5. The summed E-state index contributed by atoms with van der Waals surface area (Å²) in [5.41, 5.74) is 1.35. The molecule has 0 aliphatic rings. The molecule has 0 radical (unpaired) electrons. The predicted molar refractivity (Wildman–Crippen MR) is 96.7 cm³/mol. The first-order chi connectivity index (χ1) is 12.3. The minimum absolute atomic E-state index is 0.263. The zero-order valence-corrected chi connectivity index (χ0v) is 15.8. The molecule has 1 N–H and O–H groups in total. The third kappa shape index (κ3) is 5.45. The van der Waals surface area contributed by atoms with Gasteiger partial charge in [0.1, 0.15) is 10.9 Å². The van der Waals surface area contributed by atoms with Gasteiger partial charge in [-0.2, -0.15) is 5.10 Å². The van der Waals surface area contributed by atoms with Gasteiger partial charge in [0.25, 0.3) is 5.91 Å². The maximum Gasteiger partial charge on any atom is 0.331 e. The number of hydrogen-bond donors (Lipinski definition) is 1. The first-order valence-corrected chi connectivity index (χ1v) is 8.45. The van der Waals surface area contributed by atoms with E-state index in [2.05, 4.69) is 29.4 Å². The molecule has 26 heavy (non-hydrogen) atoms. The van der Waals surface area contributed by atoms with Crippen molar-refractivity contribution in [2.24, 2.45) is 5.92 Å². The Morgan fingerprint density at radius 2 is 2.15 bits per heavy atom. The largest absolute Gasteiger partial charge is 0.452 e. The summed E-state index contributed by atoms with van der Waals surface area (Å²) in [5, 5.41) is 10.9. The number of hydrogen-bond acceptors (Lipinski definition) is 6. The van der Waals surface area contributed by atoms with E-state index < -0.39 is 18.5 Å². The quantitative estimate of drug-likeness (QED) is 0.585. The molecule has 0 unspecified atom stereocenters. The van der Waals surface area contributed by atoms with Crippen molar-refractivity contribution in [1.82, 2.24) is 14.9 Å². The first kappa shape index (κ1) is 19.7. The lowest BCUT2D eigenvalue weighted by atomic mass is 10.2. The van der Waals surface area contributed by atoms with E-state index in [1.807, 2.05) is 0 Å². The summed E-state index contributed by atoms with van der Waals surface area (Å²) < 4.78 is 11.4. The molecule has 2 aromatic rings. The Hall–Kier alpha value is -2.61. The van der Waals surface area contributed by atoms with Gasteiger partial charge in [-0.1, -0.05) is 30.6 Å². The third-order valence-corrected chi connectivity index (χ3v) is 3.67. The van der Waals surface area contributed by atoms with Crippen LogP contribution < -0.4 is 5.32 Å². The smallest absolute Gasteiger partial charge is 0.331 e. The average Bonchev–Trinajstić information content (AvgIpc) is 3.07. The lowest BCUT2D eigenvalue weighted by Crippen LogP contribution is -2.20. The first-order valence-electron chi connectivity index (χ1n) is 8.07. The van der Waals surface area contributed by atoms with Gasteiger partial charge in [-0.15, -0.1) is 0 Å². The topological polar surface area (TPSA) is 99.2 Å². The third-order valence-electron chi connectivity index (χ3n) is 3.27. The fourth-order valence-corrected chi connectivity index (χ4v) is 2.47. The van der Waals surface area contributed by atoms with E-state index in [1.54, 1.807) is 24.6 Å². The molecule has 1 amide bonds. The molecule has 0 bridgehead atoms. The monoisotopic (exact) mass is 380 g/mol. The second kappa shape index (κ2) is 8.66. The Morgan fingerprint density at radius 3 is 2.77 bits per heavy atom. The van der Waals surface area contributed by atoms with Gasteiger partial charge in [-0.25, -0.2) is 4.79 Å². The maximum absolute atomic E-state index is 11.8. The van der Waals surface area contributed by atoms with Crippen LogP contribution >= 0.6 is 11.6 Å². The van der Waals surface area contributed by atoms with E-state index >= 15 is 0 Å². The van der Waals surface area contributed by atoms with Gasteiger partial charge in [0, 0.05) is 24.3 Å². The second-order valence-electron chi connectivity index (χ2n) is 6.18. The molecule has 2 aromatic heterocycles. The van der Waals surface area contributed by atoms with Gasteiger partial charge in [0.05, 0.1) is 5.69 Å². The fraction of sp³-hybridized carbons (Fsp3) is 0.412. The second-order valence-corrected chi connectivity index (χ2v) is 6.54. The van der Waals surface area contributed by atoms with Crippen LogP contribution in [0.25, 0.3) is 6.08 Å². The van der Waals surface area contributed by atoms with Crippen LogP contribution in [0.2, 0.25) is 5.15 Å². The standard InChI is InChI=1S/C17H21ClN4O4/c1-10(2)8-22-17(18)13(12(4)20-22)5-6-16(24)25-9-15(23)19-14-7-11(3)26-21-14/h5-7,10H,8-9H2,1-4H3,(H,19,21,23)/b6-5+. The van der Waals surface area contributed by atoms with Crippen molar-refractivity contribution >= 4 is 35.4 Å². The van der Waals surface area contributed by atoms with Gasteiger partial charge >= 0.3 is 5.97 Å². The number of halogens is 1. The Kier molecular flexibility index (Phi) is 6.57. The van der Waals surface area contributed by atoms with Crippen LogP contribution in [0.3, 0.4) is 0 Å². The molecule has 0 fully saturated rings. The van der Waals surface area contributed by atoms with Gasteiger partial charge in [0.2, 0.25) is 0 Å². The van der Waals surface area contributed by atoms with Crippen LogP contribution in [0.1, 0.15) is 30.9 Å². The van der Waals surface area contributed by atoms with Crippen molar-refractivity contribution in [3.63, 3.8) is 0 Å². The number of carbonyl (C=O) groups excluding carboxylic acids is 2. The summed E-state index contributed by atoms with van der Waals surface area (Å²) in [6.07, 6.45) is 2.74. The van der Waals surface area contributed by atoms with E-state index in [1.165, 1.54) is 12.2 Å². The number of anilines is 1. The van der Waals surface area contributed by atoms with Crippen molar-refractivity contribution in [1.29, 1.82) is 0 Å². The number of nitrogens with zero attached hydrogens (tertiary/aromatic N) is 3. The molecule has 0 spiro atoms. The molecule has 9 heteroatoms. The van der Waals surface area contributed by atoms with Crippen molar-refractivity contribution in [3.8, 4) is 0 Å². The summed E-state index contributed by atoms with van der Waals surface area (Å²) >= 11 is 6.29. The molecule has 0 aromatic carbocycles. The highest BCUT2D eigenvalue weighted by molar-refractivity contribution is 6.31. The molecular weight excluding hydrogens is 360 g/mol. The molecule has 2 heterocycles. The molecule has 140 valence electrons. The van der Waals surface area contributed by atoms with Crippen LogP contribution in [0.15, 0.2) is 16.7 Å². The van der Waals surface area contributed by atoms with Crippen molar-refractivity contribution in [2.45, 2.75) is 34.2 Å². The highest BCUT2D eigenvalue weighted by Crippen LogP contribution is 2.22. The van der Waals surface area contributed by atoms with Gasteiger partial charge in [0.15, 0.2) is 12.4 Å². The fourth-order valence-electron chi connectivity index (χ4n) is 2.16. The van der Waals surface area contributed by atoms with Crippen molar-refractivity contribution in [2.75, 3.05) is 11.9 Å². The molecule has 0 aliphatic heterocycles. The van der Waals surface area contributed by atoms with Crippen LogP contribution in [-0.2, 0) is 20.9 Å². The Balaban J connectivity index is 1.89. The normalized spacial score (nSPS) is 11.3. The molecule has 0 atom stereocenters. The van der Waals surface area contributed by atoms with E-state index in [4.69, 9.17) is 20.9 Å². The van der Waals surface area contributed by atoms with Gasteiger partial charge in [-0.05, 0) is 25.8 Å². The number of ether oxygens (including phenoxy) is 1. The van der Waals surface area contributed by atoms with E-state index in [-0.39, 0.29) is 5.82 Å². The highest BCUT2D eigenvalue weighted by atomic mass is 35.5. The number of amides is 1. The van der Waals surface area contributed by atoms with Gasteiger partial charge in [-0.3, -0.25) is 9.48 Å². The molecule has 8 nitrogen and oxygen atoms in total. The van der Waals surface area contributed by atoms with Gasteiger partial charge < -0.3 is 14.6 Å². The molecule has 2 rings (SSSR count). The maximum atomic E-state index is 11.8. The number of carbonyl (C=O) groups is 2.